The Balaban J connectivity index is 2.64. The Hall–Kier alpha value is -0.810. The predicted molar refractivity (Wildman–Crippen MR) is 54.2 cm³/mol. The first-order chi connectivity index (χ1) is 6.10. The average molecular weight is 178 g/mol. The van der Waals surface area contributed by atoms with Gasteiger partial charge in [0.05, 0.1) is 12.0 Å². The molecule has 1 atom stereocenters. The standard InChI is InChI=1S/C11H18N2/c1-4-7-13-9-10(8-12)5-6-11(13,2)3/h4,10H,1,5-7,9H2,2-3H3. The number of hydrogen-bond donors (Lipinski definition) is 0. The van der Waals surface area contributed by atoms with Crippen molar-refractivity contribution in [2.24, 2.45) is 5.92 Å². The molecule has 1 unspecified atom stereocenters. The van der Waals surface area contributed by atoms with Gasteiger partial charge in [-0.1, -0.05) is 6.08 Å². The van der Waals surface area contributed by atoms with Crippen molar-refractivity contribution in [3.8, 4) is 6.07 Å². The third-order valence-electron chi connectivity index (χ3n) is 2.93. The molecule has 0 aromatic heterocycles. The Kier molecular flexibility index (Phi) is 3.11. The minimum atomic E-state index is 0.216. The number of nitriles is 1. The maximum atomic E-state index is 8.84. The molecule has 2 heteroatoms. The van der Waals surface area contributed by atoms with Crippen LogP contribution in [-0.2, 0) is 0 Å². The van der Waals surface area contributed by atoms with Gasteiger partial charge in [0.1, 0.15) is 0 Å². The van der Waals surface area contributed by atoms with E-state index < -0.39 is 0 Å². The van der Waals surface area contributed by atoms with E-state index in [1.54, 1.807) is 0 Å². The lowest BCUT2D eigenvalue weighted by Gasteiger charge is -2.43. The Labute approximate surface area is 80.8 Å². The van der Waals surface area contributed by atoms with Crippen LogP contribution in [0.4, 0.5) is 0 Å². The van der Waals surface area contributed by atoms with E-state index in [-0.39, 0.29) is 11.5 Å². The SMILES string of the molecule is C=CCN1CC(C#N)CCC1(C)C. The highest BCUT2D eigenvalue weighted by Crippen LogP contribution is 2.29. The summed E-state index contributed by atoms with van der Waals surface area (Å²) in [6.45, 7) is 10.0. The minimum Gasteiger partial charge on any atom is -0.293 e. The summed E-state index contributed by atoms with van der Waals surface area (Å²) in [4.78, 5) is 2.34. The van der Waals surface area contributed by atoms with Gasteiger partial charge in [0, 0.05) is 18.6 Å². The van der Waals surface area contributed by atoms with E-state index in [9.17, 15) is 0 Å². The lowest BCUT2D eigenvalue weighted by Crippen LogP contribution is -2.50. The smallest absolute Gasteiger partial charge is 0.0669 e. The van der Waals surface area contributed by atoms with E-state index in [2.05, 4.69) is 31.4 Å². The fourth-order valence-corrected chi connectivity index (χ4v) is 1.87. The molecule has 0 aromatic rings. The van der Waals surface area contributed by atoms with Crippen molar-refractivity contribution >= 4 is 0 Å². The van der Waals surface area contributed by atoms with Gasteiger partial charge in [0.25, 0.3) is 0 Å². The van der Waals surface area contributed by atoms with Gasteiger partial charge in [-0.3, -0.25) is 4.90 Å². The lowest BCUT2D eigenvalue weighted by atomic mass is 9.85. The molecule has 1 fully saturated rings. The Morgan fingerprint density at radius 1 is 1.69 bits per heavy atom. The summed E-state index contributed by atoms with van der Waals surface area (Å²) in [5, 5.41) is 8.84. The zero-order chi connectivity index (χ0) is 9.90. The van der Waals surface area contributed by atoms with E-state index in [1.807, 2.05) is 6.08 Å². The van der Waals surface area contributed by atoms with Crippen LogP contribution in [0.2, 0.25) is 0 Å². The predicted octanol–water partition coefficient (Wildman–Crippen LogP) is 2.19. The van der Waals surface area contributed by atoms with Gasteiger partial charge in [0.2, 0.25) is 0 Å². The van der Waals surface area contributed by atoms with Crippen LogP contribution in [0, 0.1) is 17.2 Å². The van der Waals surface area contributed by atoms with E-state index in [1.165, 1.54) is 0 Å². The van der Waals surface area contributed by atoms with Crippen LogP contribution in [0.3, 0.4) is 0 Å². The van der Waals surface area contributed by atoms with E-state index in [0.29, 0.717) is 0 Å². The first-order valence-electron chi connectivity index (χ1n) is 4.85. The van der Waals surface area contributed by atoms with Crippen molar-refractivity contribution in [2.75, 3.05) is 13.1 Å². The zero-order valence-electron chi connectivity index (χ0n) is 8.58. The molecule has 0 amide bonds. The second-order valence-electron chi connectivity index (χ2n) is 4.37. The summed E-state index contributed by atoms with van der Waals surface area (Å²) in [6.07, 6.45) is 4.07. The molecular formula is C11H18N2. The second kappa shape index (κ2) is 3.93. The highest BCUT2D eigenvalue weighted by atomic mass is 15.2. The molecule has 72 valence electrons. The Bertz CT molecular complexity index is 225. The molecule has 1 rings (SSSR count). The summed E-state index contributed by atoms with van der Waals surface area (Å²) in [7, 11) is 0. The molecule has 0 N–H and O–H groups in total. The maximum Gasteiger partial charge on any atom is 0.0669 e. The fourth-order valence-electron chi connectivity index (χ4n) is 1.87. The van der Waals surface area contributed by atoms with Gasteiger partial charge >= 0.3 is 0 Å². The molecular weight excluding hydrogens is 160 g/mol. The molecule has 0 aromatic carbocycles. The van der Waals surface area contributed by atoms with Crippen LogP contribution in [0.25, 0.3) is 0 Å². The number of piperidine rings is 1. The molecule has 1 heterocycles. The zero-order valence-corrected chi connectivity index (χ0v) is 8.58. The highest BCUT2D eigenvalue weighted by Gasteiger charge is 2.33. The first kappa shape index (κ1) is 10.3. The average Bonchev–Trinajstić information content (AvgIpc) is 2.09. The molecule has 0 radical (unpaired) electrons. The molecule has 0 bridgehead atoms. The van der Waals surface area contributed by atoms with Crippen LogP contribution < -0.4 is 0 Å². The summed E-state index contributed by atoms with van der Waals surface area (Å²) >= 11 is 0. The lowest BCUT2D eigenvalue weighted by molar-refractivity contribution is 0.0718. The molecule has 2 nitrogen and oxygen atoms in total. The van der Waals surface area contributed by atoms with Crippen molar-refractivity contribution < 1.29 is 0 Å². The normalized spacial score (nSPS) is 27.9. The molecule has 1 aliphatic heterocycles. The Morgan fingerprint density at radius 2 is 2.38 bits per heavy atom. The first-order valence-corrected chi connectivity index (χ1v) is 4.85. The van der Waals surface area contributed by atoms with Crippen molar-refractivity contribution in [1.29, 1.82) is 5.26 Å². The van der Waals surface area contributed by atoms with Crippen LogP contribution in [-0.4, -0.2) is 23.5 Å². The number of rotatable bonds is 2. The summed E-state index contributed by atoms with van der Waals surface area (Å²) in [5.41, 5.74) is 0.238. The number of likely N-dealkylation sites (tertiary alicyclic amines) is 1. The second-order valence-corrected chi connectivity index (χ2v) is 4.37. The maximum absolute atomic E-state index is 8.84. The number of hydrogen-bond acceptors (Lipinski definition) is 2. The van der Waals surface area contributed by atoms with Gasteiger partial charge in [-0.05, 0) is 26.7 Å². The minimum absolute atomic E-state index is 0.216. The van der Waals surface area contributed by atoms with Gasteiger partial charge < -0.3 is 0 Å². The van der Waals surface area contributed by atoms with Crippen molar-refractivity contribution in [3.63, 3.8) is 0 Å². The van der Waals surface area contributed by atoms with Crippen LogP contribution in [0.5, 0.6) is 0 Å². The molecule has 0 saturated carbocycles. The van der Waals surface area contributed by atoms with E-state index >= 15 is 0 Å². The van der Waals surface area contributed by atoms with E-state index in [4.69, 9.17) is 5.26 Å². The van der Waals surface area contributed by atoms with Gasteiger partial charge in [0.15, 0.2) is 0 Å². The Morgan fingerprint density at radius 3 is 2.92 bits per heavy atom. The summed E-state index contributed by atoms with van der Waals surface area (Å²) in [6, 6.07) is 2.35. The van der Waals surface area contributed by atoms with E-state index in [0.717, 1.165) is 25.9 Å². The van der Waals surface area contributed by atoms with Gasteiger partial charge in [-0.2, -0.15) is 5.26 Å². The largest absolute Gasteiger partial charge is 0.293 e. The molecule has 0 spiro atoms. The van der Waals surface area contributed by atoms with Crippen molar-refractivity contribution in [3.05, 3.63) is 12.7 Å². The van der Waals surface area contributed by atoms with Gasteiger partial charge in [-0.25, -0.2) is 0 Å². The van der Waals surface area contributed by atoms with Crippen LogP contribution in [0.1, 0.15) is 26.7 Å². The van der Waals surface area contributed by atoms with Crippen LogP contribution >= 0.6 is 0 Å². The number of nitrogens with zero attached hydrogens (tertiary/aromatic N) is 2. The summed E-state index contributed by atoms with van der Waals surface area (Å²) < 4.78 is 0. The third-order valence-corrected chi connectivity index (χ3v) is 2.93. The molecule has 0 aliphatic carbocycles. The summed E-state index contributed by atoms with van der Waals surface area (Å²) in [5.74, 6) is 0.216. The highest BCUT2D eigenvalue weighted by molar-refractivity contribution is 4.97. The molecule has 1 aliphatic rings. The van der Waals surface area contributed by atoms with Crippen molar-refractivity contribution in [1.82, 2.24) is 4.90 Å². The third kappa shape index (κ3) is 2.32. The monoisotopic (exact) mass is 178 g/mol. The topological polar surface area (TPSA) is 27.0 Å². The van der Waals surface area contributed by atoms with Gasteiger partial charge in [-0.15, -0.1) is 6.58 Å². The fraction of sp³-hybridized carbons (Fsp3) is 0.727. The quantitative estimate of drug-likeness (QED) is 0.606. The molecule has 13 heavy (non-hydrogen) atoms. The van der Waals surface area contributed by atoms with Crippen molar-refractivity contribution in [2.45, 2.75) is 32.2 Å². The molecule has 1 saturated heterocycles. The van der Waals surface area contributed by atoms with Crippen LogP contribution in [0.15, 0.2) is 12.7 Å².